The quantitative estimate of drug-likeness (QED) is 0.895. The third-order valence-electron chi connectivity index (χ3n) is 3.87. The first-order valence-electron chi connectivity index (χ1n) is 6.84. The lowest BCUT2D eigenvalue weighted by atomic mass is 10.0. The number of fused-ring (bicyclic) bond motifs is 1. The molecule has 5 heteroatoms. The van der Waals surface area contributed by atoms with E-state index >= 15 is 0 Å². The molecule has 0 atom stereocenters. The number of anilines is 2. The molecule has 1 aliphatic rings. The van der Waals surface area contributed by atoms with Gasteiger partial charge in [-0.2, -0.15) is 4.98 Å². The van der Waals surface area contributed by atoms with Gasteiger partial charge in [-0.25, -0.2) is 4.98 Å². The number of nitrogens with zero attached hydrogens (tertiary/aromatic N) is 2. The Kier molecular flexibility index (Phi) is 3.09. The zero-order valence-corrected chi connectivity index (χ0v) is 12.5. The zero-order chi connectivity index (χ0) is 13.5. The lowest BCUT2D eigenvalue weighted by molar-refractivity contribution is 0.532. The van der Waals surface area contributed by atoms with Crippen LogP contribution >= 0.6 is 11.3 Å². The van der Waals surface area contributed by atoms with Gasteiger partial charge in [0.1, 0.15) is 10.6 Å². The van der Waals surface area contributed by atoms with Crippen LogP contribution < -0.4 is 10.6 Å². The van der Waals surface area contributed by atoms with E-state index < -0.39 is 0 Å². The van der Waals surface area contributed by atoms with Crippen LogP contribution in [0.3, 0.4) is 0 Å². The second kappa shape index (κ2) is 4.63. The van der Waals surface area contributed by atoms with E-state index in [4.69, 9.17) is 0 Å². The highest BCUT2D eigenvalue weighted by molar-refractivity contribution is 7.18. The van der Waals surface area contributed by atoms with E-state index in [1.807, 2.05) is 7.05 Å². The minimum absolute atomic E-state index is 0.183. The molecule has 102 valence electrons. The largest absolute Gasteiger partial charge is 0.364 e. The SMILES string of the molecule is CNc1nc(NC2(C)CCCC2)c2cc(C)sc2n1. The Morgan fingerprint density at radius 2 is 2.00 bits per heavy atom. The van der Waals surface area contributed by atoms with Gasteiger partial charge in [-0.3, -0.25) is 0 Å². The van der Waals surface area contributed by atoms with Crippen molar-refractivity contribution in [1.82, 2.24) is 9.97 Å². The fraction of sp³-hybridized carbons (Fsp3) is 0.571. The second-order valence-electron chi connectivity index (χ2n) is 5.61. The van der Waals surface area contributed by atoms with Gasteiger partial charge in [0.05, 0.1) is 5.39 Å². The molecule has 2 N–H and O–H groups in total. The van der Waals surface area contributed by atoms with Gasteiger partial charge in [0.15, 0.2) is 0 Å². The van der Waals surface area contributed by atoms with Crippen molar-refractivity contribution >= 4 is 33.3 Å². The number of nitrogens with one attached hydrogen (secondary N) is 2. The third-order valence-corrected chi connectivity index (χ3v) is 4.81. The maximum absolute atomic E-state index is 4.61. The first-order chi connectivity index (χ1) is 9.09. The van der Waals surface area contributed by atoms with Crippen LogP contribution in [0.15, 0.2) is 6.07 Å². The van der Waals surface area contributed by atoms with Gasteiger partial charge >= 0.3 is 0 Å². The first-order valence-corrected chi connectivity index (χ1v) is 7.65. The van der Waals surface area contributed by atoms with Gasteiger partial charge in [-0.1, -0.05) is 12.8 Å². The Morgan fingerprint density at radius 1 is 1.26 bits per heavy atom. The zero-order valence-electron chi connectivity index (χ0n) is 11.7. The van der Waals surface area contributed by atoms with Gasteiger partial charge < -0.3 is 10.6 Å². The molecule has 2 heterocycles. The fourth-order valence-electron chi connectivity index (χ4n) is 2.82. The summed E-state index contributed by atoms with van der Waals surface area (Å²) in [6, 6.07) is 2.18. The smallest absolute Gasteiger partial charge is 0.225 e. The summed E-state index contributed by atoms with van der Waals surface area (Å²) < 4.78 is 0. The van der Waals surface area contributed by atoms with Gasteiger partial charge in [0.25, 0.3) is 0 Å². The molecule has 0 aliphatic heterocycles. The average molecular weight is 276 g/mol. The molecule has 0 saturated heterocycles. The predicted octanol–water partition coefficient (Wildman–Crippen LogP) is 3.79. The third kappa shape index (κ3) is 2.39. The molecule has 4 nitrogen and oxygen atoms in total. The van der Waals surface area contributed by atoms with E-state index in [0.29, 0.717) is 5.95 Å². The molecule has 1 aliphatic carbocycles. The molecule has 0 spiro atoms. The van der Waals surface area contributed by atoms with Crippen molar-refractivity contribution in [2.24, 2.45) is 0 Å². The Morgan fingerprint density at radius 3 is 2.68 bits per heavy atom. The summed E-state index contributed by atoms with van der Waals surface area (Å²) in [7, 11) is 1.86. The van der Waals surface area contributed by atoms with E-state index in [1.165, 1.54) is 30.6 Å². The topological polar surface area (TPSA) is 49.8 Å². The Bertz CT molecular complexity index is 599. The molecule has 0 bridgehead atoms. The van der Waals surface area contributed by atoms with Crippen molar-refractivity contribution in [1.29, 1.82) is 0 Å². The van der Waals surface area contributed by atoms with Gasteiger partial charge in [0, 0.05) is 17.5 Å². The van der Waals surface area contributed by atoms with E-state index in [0.717, 1.165) is 16.0 Å². The van der Waals surface area contributed by atoms with Gasteiger partial charge in [-0.05, 0) is 32.8 Å². The number of rotatable bonds is 3. The molecule has 1 saturated carbocycles. The molecule has 0 unspecified atom stereocenters. The molecule has 19 heavy (non-hydrogen) atoms. The van der Waals surface area contributed by atoms with Crippen LogP contribution in [0.4, 0.5) is 11.8 Å². The summed E-state index contributed by atoms with van der Waals surface area (Å²) in [5, 5.41) is 7.86. The molecule has 2 aromatic rings. The minimum Gasteiger partial charge on any atom is -0.364 e. The predicted molar refractivity (Wildman–Crippen MR) is 82.2 cm³/mol. The monoisotopic (exact) mass is 276 g/mol. The molecule has 0 aromatic carbocycles. The summed E-state index contributed by atoms with van der Waals surface area (Å²) >= 11 is 1.72. The van der Waals surface area contributed by atoms with E-state index in [-0.39, 0.29) is 5.54 Å². The first kappa shape index (κ1) is 12.7. The molecule has 1 fully saturated rings. The maximum atomic E-state index is 4.61. The molecule has 3 rings (SSSR count). The van der Waals surface area contributed by atoms with Crippen LogP contribution in [0.25, 0.3) is 10.2 Å². The summed E-state index contributed by atoms with van der Waals surface area (Å²) in [6.07, 6.45) is 5.05. The molecule has 2 aromatic heterocycles. The molecular weight excluding hydrogens is 256 g/mol. The van der Waals surface area contributed by atoms with Crippen LogP contribution in [-0.2, 0) is 0 Å². The Labute approximate surface area is 117 Å². The number of hydrogen-bond donors (Lipinski definition) is 2. The van der Waals surface area contributed by atoms with Crippen LogP contribution in [-0.4, -0.2) is 22.6 Å². The van der Waals surface area contributed by atoms with Crippen molar-refractivity contribution in [2.75, 3.05) is 17.7 Å². The summed E-state index contributed by atoms with van der Waals surface area (Å²) in [6.45, 7) is 4.42. The Hall–Kier alpha value is -1.36. The summed E-state index contributed by atoms with van der Waals surface area (Å²) in [5.41, 5.74) is 0.183. The average Bonchev–Trinajstić information content (AvgIpc) is 2.94. The number of aryl methyl sites for hydroxylation is 1. The molecule has 0 radical (unpaired) electrons. The van der Waals surface area contributed by atoms with Crippen LogP contribution in [0.1, 0.15) is 37.5 Å². The van der Waals surface area contributed by atoms with E-state index in [2.05, 4.69) is 40.5 Å². The number of thiophene rings is 1. The Balaban J connectivity index is 2.05. The highest BCUT2D eigenvalue weighted by Gasteiger charge is 2.29. The highest BCUT2D eigenvalue weighted by Crippen LogP contribution is 2.36. The lowest BCUT2D eigenvalue weighted by Gasteiger charge is -2.26. The van der Waals surface area contributed by atoms with Crippen LogP contribution in [0.2, 0.25) is 0 Å². The van der Waals surface area contributed by atoms with E-state index in [1.54, 1.807) is 11.3 Å². The standard InChI is InChI=1S/C14H20N4S/c1-9-8-10-11(18-14(2)6-4-5-7-14)16-13(15-3)17-12(10)19-9/h8H,4-7H2,1-3H3,(H2,15,16,17,18). The highest BCUT2D eigenvalue weighted by atomic mass is 32.1. The van der Waals surface area contributed by atoms with Crippen molar-refractivity contribution < 1.29 is 0 Å². The van der Waals surface area contributed by atoms with Gasteiger partial charge in [-0.15, -0.1) is 11.3 Å². The lowest BCUT2D eigenvalue weighted by Crippen LogP contribution is -2.31. The van der Waals surface area contributed by atoms with Gasteiger partial charge in [0.2, 0.25) is 5.95 Å². The minimum atomic E-state index is 0.183. The number of aromatic nitrogens is 2. The van der Waals surface area contributed by atoms with Crippen LogP contribution in [0.5, 0.6) is 0 Å². The molecule has 0 amide bonds. The number of hydrogen-bond acceptors (Lipinski definition) is 5. The summed E-state index contributed by atoms with van der Waals surface area (Å²) in [4.78, 5) is 11.5. The van der Waals surface area contributed by atoms with Crippen LogP contribution in [0, 0.1) is 6.92 Å². The van der Waals surface area contributed by atoms with Crippen molar-refractivity contribution in [2.45, 2.75) is 45.1 Å². The van der Waals surface area contributed by atoms with E-state index in [9.17, 15) is 0 Å². The van der Waals surface area contributed by atoms with Crippen molar-refractivity contribution in [3.8, 4) is 0 Å². The van der Waals surface area contributed by atoms with Crippen molar-refractivity contribution in [3.05, 3.63) is 10.9 Å². The van der Waals surface area contributed by atoms with Crippen molar-refractivity contribution in [3.63, 3.8) is 0 Å². The normalized spacial score (nSPS) is 17.8. The molecular formula is C14H20N4S. The summed E-state index contributed by atoms with van der Waals surface area (Å²) in [5.74, 6) is 1.67. The fourth-order valence-corrected chi connectivity index (χ4v) is 3.69. The second-order valence-corrected chi connectivity index (χ2v) is 6.85. The maximum Gasteiger partial charge on any atom is 0.225 e.